The van der Waals surface area contributed by atoms with E-state index in [0.717, 1.165) is 43.9 Å². The molecule has 0 atom stereocenters. The van der Waals surface area contributed by atoms with Crippen LogP contribution in [-0.2, 0) is 6.42 Å². The molecule has 0 aliphatic carbocycles. The molecule has 0 amide bonds. The van der Waals surface area contributed by atoms with Gasteiger partial charge >= 0.3 is 0 Å². The number of nitrogens with zero attached hydrogens (tertiary/aromatic N) is 2. The lowest BCUT2D eigenvalue weighted by atomic mass is 10.0. The molecule has 1 fully saturated rings. The molecule has 20 heavy (non-hydrogen) atoms. The Morgan fingerprint density at radius 1 is 1.10 bits per heavy atom. The van der Waals surface area contributed by atoms with Crippen molar-refractivity contribution in [3.8, 4) is 0 Å². The summed E-state index contributed by atoms with van der Waals surface area (Å²) in [5.74, 6) is -0.163. The van der Waals surface area contributed by atoms with Crippen molar-refractivity contribution in [2.75, 3.05) is 37.6 Å². The fourth-order valence-electron chi connectivity index (χ4n) is 2.76. The van der Waals surface area contributed by atoms with Crippen molar-refractivity contribution < 1.29 is 4.39 Å². The highest BCUT2D eigenvalue weighted by molar-refractivity contribution is 5.49. The van der Waals surface area contributed by atoms with Gasteiger partial charge in [0.2, 0.25) is 0 Å². The first-order valence-corrected chi connectivity index (χ1v) is 7.39. The second kappa shape index (κ2) is 6.10. The summed E-state index contributed by atoms with van der Waals surface area (Å²) in [6.07, 6.45) is 0.729. The molecule has 1 saturated heterocycles. The first kappa shape index (κ1) is 15.3. The van der Waals surface area contributed by atoms with E-state index in [-0.39, 0.29) is 11.4 Å². The molecule has 0 saturated carbocycles. The molecule has 0 radical (unpaired) electrons. The molecule has 2 rings (SSSR count). The van der Waals surface area contributed by atoms with Gasteiger partial charge in [0, 0.05) is 37.4 Å². The first-order chi connectivity index (χ1) is 9.40. The smallest absolute Gasteiger partial charge is 0.125 e. The van der Waals surface area contributed by atoms with Crippen molar-refractivity contribution in [2.45, 2.75) is 32.7 Å². The molecule has 1 aliphatic heterocycles. The van der Waals surface area contributed by atoms with Gasteiger partial charge in [-0.3, -0.25) is 4.90 Å². The molecule has 0 aromatic heterocycles. The van der Waals surface area contributed by atoms with Gasteiger partial charge in [0.05, 0.1) is 0 Å². The van der Waals surface area contributed by atoms with Crippen molar-refractivity contribution in [3.63, 3.8) is 0 Å². The van der Waals surface area contributed by atoms with Crippen LogP contribution in [0.3, 0.4) is 0 Å². The largest absolute Gasteiger partial charge is 0.369 e. The van der Waals surface area contributed by atoms with Gasteiger partial charge in [0.25, 0.3) is 0 Å². The van der Waals surface area contributed by atoms with Gasteiger partial charge in [-0.25, -0.2) is 4.39 Å². The molecular formula is C16H26FN3. The Hall–Kier alpha value is -1.13. The number of hydrogen-bond donors (Lipinski definition) is 1. The number of anilines is 1. The van der Waals surface area contributed by atoms with Crippen molar-refractivity contribution in [1.82, 2.24) is 4.90 Å². The third kappa shape index (κ3) is 3.70. The SMILES string of the molecule is CC(C)(C)N1CCN(c2cc(F)cc(CCN)c2)CC1. The normalized spacial score (nSPS) is 17.6. The predicted molar refractivity (Wildman–Crippen MR) is 82.7 cm³/mol. The van der Waals surface area contributed by atoms with E-state index in [9.17, 15) is 4.39 Å². The highest BCUT2D eigenvalue weighted by Crippen LogP contribution is 2.23. The molecule has 0 spiro atoms. The Morgan fingerprint density at radius 3 is 2.30 bits per heavy atom. The Balaban J connectivity index is 2.07. The average Bonchev–Trinajstić information content (AvgIpc) is 2.37. The van der Waals surface area contributed by atoms with Crippen LogP contribution >= 0.6 is 0 Å². The molecule has 112 valence electrons. The molecule has 3 nitrogen and oxygen atoms in total. The summed E-state index contributed by atoms with van der Waals surface area (Å²) in [5.41, 5.74) is 7.74. The number of nitrogens with two attached hydrogens (primary N) is 1. The fourth-order valence-corrected chi connectivity index (χ4v) is 2.76. The molecule has 4 heteroatoms. The first-order valence-electron chi connectivity index (χ1n) is 7.39. The van der Waals surface area contributed by atoms with Crippen molar-refractivity contribution in [1.29, 1.82) is 0 Å². The molecule has 0 unspecified atom stereocenters. The monoisotopic (exact) mass is 279 g/mol. The zero-order valence-electron chi connectivity index (χ0n) is 12.8. The van der Waals surface area contributed by atoms with Gasteiger partial charge in [-0.2, -0.15) is 0 Å². The van der Waals surface area contributed by atoms with Crippen molar-refractivity contribution in [2.24, 2.45) is 5.73 Å². The van der Waals surface area contributed by atoms with Crippen LogP contribution in [-0.4, -0.2) is 43.2 Å². The summed E-state index contributed by atoms with van der Waals surface area (Å²) < 4.78 is 13.7. The topological polar surface area (TPSA) is 32.5 Å². The molecule has 1 aromatic carbocycles. The van der Waals surface area contributed by atoms with E-state index in [2.05, 4.69) is 36.6 Å². The van der Waals surface area contributed by atoms with E-state index in [1.54, 1.807) is 12.1 Å². The Bertz CT molecular complexity index is 446. The minimum Gasteiger partial charge on any atom is -0.369 e. The standard InChI is InChI=1S/C16H26FN3/c1-16(2,3)20-8-6-19(7-9-20)15-11-13(4-5-18)10-14(17)12-15/h10-12H,4-9,18H2,1-3H3. The maximum absolute atomic E-state index is 13.7. The van der Waals surface area contributed by atoms with Crippen LogP contribution in [0.4, 0.5) is 10.1 Å². The Kier molecular flexibility index (Phi) is 4.66. The van der Waals surface area contributed by atoms with E-state index in [1.165, 1.54) is 0 Å². The van der Waals surface area contributed by atoms with Crippen molar-refractivity contribution >= 4 is 5.69 Å². The number of rotatable bonds is 3. The Labute approximate surface area is 121 Å². The average molecular weight is 279 g/mol. The number of hydrogen-bond acceptors (Lipinski definition) is 3. The van der Waals surface area contributed by atoms with Gasteiger partial charge in [-0.1, -0.05) is 0 Å². The maximum atomic E-state index is 13.7. The number of halogens is 1. The third-order valence-electron chi connectivity index (χ3n) is 3.97. The second-order valence-electron chi connectivity index (χ2n) is 6.50. The van der Waals surface area contributed by atoms with E-state index in [1.807, 2.05) is 0 Å². The van der Waals surface area contributed by atoms with E-state index in [0.29, 0.717) is 6.54 Å². The highest BCUT2D eigenvalue weighted by atomic mass is 19.1. The van der Waals surface area contributed by atoms with Crippen LogP contribution in [0.15, 0.2) is 18.2 Å². The quantitative estimate of drug-likeness (QED) is 0.921. The zero-order chi connectivity index (χ0) is 14.8. The van der Waals surface area contributed by atoms with E-state index in [4.69, 9.17) is 5.73 Å². The zero-order valence-corrected chi connectivity index (χ0v) is 12.8. The van der Waals surface area contributed by atoms with Crippen LogP contribution in [0, 0.1) is 5.82 Å². The molecule has 1 heterocycles. The minimum atomic E-state index is -0.163. The van der Waals surface area contributed by atoms with Crippen LogP contribution in [0.1, 0.15) is 26.3 Å². The van der Waals surface area contributed by atoms with E-state index >= 15 is 0 Å². The van der Waals surface area contributed by atoms with Gasteiger partial charge in [-0.05, 0) is 57.5 Å². The van der Waals surface area contributed by atoms with E-state index < -0.39 is 0 Å². The Morgan fingerprint density at radius 2 is 1.75 bits per heavy atom. The maximum Gasteiger partial charge on any atom is 0.125 e. The third-order valence-corrected chi connectivity index (χ3v) is 3.97. The fraction of sp³-hybridized carbons (Fsp3) is 0.625. The van der Waals surface area contributed by atoms with Gasteiger partial charge in [0.15, 0.2) is 0 Å². The number of piperazine rings is 1. The lowest BCUT2D eigenvalue weighted by molar-refractivity contribution is 0.128. The summed E-state index contributed by atoms with van der Waals surface area (Å²) in [6, 6.07) is 5.29. The van der Waals surface area contributed by atoms with Crippen LogP contribution in [0.2, 0.25) is 0 Å². The van der Waals surface area contributed by atoms with Crippen molar-refractivity contribution in [3.05, 3.63) is 29.6 Å². The second-order valence-corrected chi connectivity index (χ2v) is 6.50. The lowest BCUT2D eigenvalue weighted by Crippen LogP contribution is -2.53. The molecule has 0 bridgehead atoms. The summed E-state index contributed by atoms with van der Waals surface area (Å²) >= 11 is 0. The summed E-state index contributed by atoms with van der Waals surface area (Å²) in [5, 5.41) is 0. The summed E-state index contributed by atoms with van der Waals surface area (Å²) in [7, 11) is 0. The van der Waals surface area contributed by atoms with Gasteiger partial charge in [0.1, 0.15) is 5.82 Å². The molecular weight excluding hydrogens is 253 g/mol. The van der Waals surface area contributed by atoms with Gasteiger partial charge < -0.3 is 10.6 Å². The predicted octanol–water partition coefficient (Wildman–Crippen LogP) is 2.25. The summed E-state index contributed by atoms with van der Waals surface area (Å²) in [4.78, 5) is 4.74. The molecule has 1 aliphatic rings. The van der Waals surface area contributed by atoms with Crippen LogP contribution < -0.4 is 10.6 Å². The summed E-state index contributed by atoms with van der Waals surface area (Å²) in [6.45, 7) is 11.2. The number of benzene rings is 1. The highest BCUT2D eigenvalue weighted by Gasteiger charge is 2.26. The van der Waals surface area contributed by atoms with Gasteiger partial charge in [-0.15, -0.1) is 0 Å². The molecule has 1 aromatic rings. The van der Waals surface area contributed by atoms with Crippen LogP contribution in [0.25, 0.3) is 0 Å². The molecule has 2 N–H and O–H groups in total. The van der Waals surface area contributed by atoms with Crippen LogP contribution in [0.5, 0.6) is 0 Å². The minimum absolute atomic E-state index is 0.163. The lowest BCUT2D eigenvalue weighted by Gasteiger charge is -2.43.